The Labute approximate surface area is 694 Å². The molecule has 16 rings (SSSR count). The van der Waals surface area contributed by atoms with Crippen molar-refractivity contribution in [3.05, 3.63) is 321 Å². The first-order valence-electron chi connectivity index (χ1n) is 33.3. The SMILES string of the molecule is NNC(=Nc1ccc(Cl)cc1)c1c(-c2cc(Cl)ccc2Cl)nc2n1CCCC2.NNC(=Nc1ccc(Cl)cc1)c1c(-c2cc(Cl)ccc2Cl)nc2ncccn12.NNC(=Nc1ccc(Cl)cc1)c1c(-c2cc(F)ccc2Cl)nc2ncccn12.S=C(Nc1ccc(Cl)cc1)c1c(-c2cc(Cl)ccc2Cl)nc2ccccn12. The van der Waals surface area contributed by atoms with Gasteiger partial charge in [0, 0.05) is 107 Å². The third-order valence-electron chi connectivity index (χ3n) is 16.8. The number of aromatic nitrogens is 10. The van der Waals surface area contributed by atoms with Gasteiger partial charge >= 0.3 is 0 Å². The lowest BCUT2D eigenvalue weighted by Gasteiger charge is -2.17. The van der Waals surface area contributed by atoms with E-state index in [1.807, 2.05) is 65.3 Å². The van der Waals surface area contributed by atoms with Crippen molar-refractivity contribution in [2.24, 2.45) is 32.5 Å². The molecule has 33 heteroatoms. The molecule has 0 radical (unpaired) electrons. The molecule has 0 atom stereocenters. The summed E-state index contributed by atoms with van der Waals surface area (Å²) in [6, 6.07) is 57.7. The fourth-order valence-electron chi connectivity index (χ4n) is 11.7. The van der Waals surface area contributed by atoms with Crippen molar-refractivity contribution in [1.29, 1.82) is 0 Å². The van der Waals surface area contributed by atoms with Crippen molar-refractivity contribution in [2.75, 3.05) is 5.32 Å². The maximum atomic E-state index is 13.9. The molecular formula is C78H56Cl11FN20S. The third-order valence-corrected chi connectivity index (χ3v) is 20.1. The number of halogens is 12. The van der Waals surface area contributed by atoms with Crippen molar-refractivity contribution < 1.29 is 4.39 Å². The van der Waals surface area contributed by atoms with E-state index >= 15 is 0 Å². The molecule has 0 spiro atoms. The van der Waals surface area contributed by atoms with E-state index in [4.69, 9.17) is 172 Å². The summed E-state index contributed by atoms with van der Waals surface area (Å²) in [6.07, 6.45) is 11.8. The highest BCUT2D eigenvalue weighted by Gasteiger charge is 2.28. The van der Waals surface area contributed by atoms with E-state index < -0.39 is 5.82 Å². The molecule has 0 aliphatic carbocycles. The molecule has 558 valence electrons. The lowest BCUT2D eigenvalue weighted by atomic mass is 10.1. The molecule has 8 heterocycles. The van der Waals surface area contributed by atoms with Crippen molar-refractivity contribution >= 4 is 202 Å². The molecule has 0 fully saturated rings. The number of rotatable bonds is 12. The molecule has 0 saturated carbocycles. The van der Waals surface area contributed by atoms with Gasteiger partial charge in [-0.3, -0.25) is 13.2 Å². The van der Waals surface area contributed by atoms with E-state index in [1.54, 1.807) is 161 Å². The Kier molecular flexibility index (Phi) is 25.8. The molecule has 1 aliphatic heterocycles. The molecule has 0 saturated heterocycles. The summed E-state index contributed by atoms with van der Waals surface area (Å²) >= 11 is 73.8. The van der Waals surface area contributed by atoms with Crippen LogP contribution in [0.2, 0.25) is 55.2 Å². The first kappa shape index (κ1) is 79.3. The number of benzene rings is 8. The zero-order valence-corrected chi connectivity index (χ0v) is 66.4. The summed E-state index contributed by atoms with van der Waals surface area (Å²) in [5, 5.41) is 9.43. The van der Waals surface area contributed by atoms with E-state index in [0.717, 1.165) is 76.9 Å². The van der Waals surface area contributed by atoms with Crippen molar-refractivity contribution in [2.45, 2.75) is 25.8 Å². The van der Waals surface area contributed by atoms with Crippen LogP contribution in [-0.2, 0) is 13.0 Å². The van der Waals surface area contributed by atoms with Gasteiger partial charge in [0.1, 0.15) is 67.8 Å². The van der Waals surface area contributed by atoms with Crippen molar-refractivity contribution in [1.82, 2.24) is 64.0 Å². The largest absolute Gasteiger partial charge is 0.345 e. The Morgan fingerprint density at radius 1 is 0.396 bits per heavy atom. The quantitative estimate of drug-likeness (QED) is 0.0197. The number of imidazole rings is 4. The van der Waals surface area contributed by atoms with Gasteiger partial charge in [0.25, 0.3) is 0 Å². The number of nitrogens with zero attached hydrogens (tertiary/aromatic N) is 13. The van der Waals surface area contributed by atoms with Crippen LogP contribution >= 0.6 is 140 Å². The highest BCUT2D eigenvalue weighted by molar-refractivity contribution is 7.81. The van der Waals surface area contributed by atoms with Crippen LogP contribution in [-0.4, -0.2) is 70.2 Å². The van der Waals surface area contributed by atoms with E-state index in [-0.39, 0.29) is 0 Å². The summed E-state index contributed by atoms with van der Waals surface area (Å²) in [5.74, 6) is 20.1. The minimum Gasteiger partial charge on any atom is -0.345 e. The van der Waals surface area contributed by atoms with Gasteiger partial charge in [-0.2, -0.15) is 0 Å². The molecule has 20 nitrogen and oxygen atoms in total. The average Bonchev–Trinajstić information content (AvgIpc) is 1.65. The maximum absolute atomic E-state index is 13.9. The first-order chi connectivity index (χ1) is 53.7. The number of hydrogen-bond donors (Lipinski definition) is 7. The molecule has 7 aromatic heterocycles. The van der Waals surface area contributed by atoms with Crippen LogP contribution in [0.25, 0.3) is 62.2 Å². The molecule has 0 unspecified atom stereocenters. The Morgan fingerprint density at radius 2 is 0.784 bits per heavy atom. The topological polar surface area (TPSA) is 259 Å². The molecule has 0 amide bonds. The van der Waals surface area contributed by atoms with Crippen LogP contribution in [0.4, 0.5) is 27.1 Å². The second-order valence-corrected chi connectivity index (χ2v) is 29.1. The van der Waals surface area contributed by atoms with Crippen LogP contribution in [0.1, 0.15) is 41.4 Å². The lowest BCUT2D eigenvalue weighted by molar-refractivity contribution is 0.519. The van der Waals surface area contributed by atoms with Gasteiger partial charge in [0.05, 0.1) is 37.2 Å². The predicted octanol–water partition coefficient (Wildman–Crippen LogP) is 21.4. The Hall–Kier alpha value is -9.80. The summed E-state index contributed by atoms with van der Waals surface area (Å²) in [5.41, 5.74) is 19.1. The number of aryl methyl sites for hydroxylation is 1. The molecule has 0 bridgehead atoms. The number of aliphatic imine (C=N–C) groups is 3. The van der Waals surface area contributed by atoms with Crippen molar-refractivity contribution in [3.8, 4) is 45.0 Å². The molecule has 10 N–H and O–H groups in total. The van der Waals surface area contributed by atoms with Gasteiger partial charge in [-0.25, -0.2) is 66.8 Å². The number of thiocarbonyl (C=S) groups is 1. The summed E-state index contributed by atoms with van der Waals surface area (Å²) < 4.78 is 21.5. The van der Waals surface area contributed by atoms with Gasteiger partial charge in [0.2, 0.25) is 11.6 Å². The standard InChI is InChI=1S/C20H18Cl3N5.C20H12Cl3N3S.C19H13Cl3N6.C19H13Cl2FN6/c21-12-4-7-14(8-5-12)25-20(27-24)19-18(15-11-13(22)6-9-16(15)23)26-17-3-1-2-10-28(17)19;21-12-4-7-14(8-5-12)24-20(27)19-18(15-11-13(22)6-9-16(15)23)25-17-3-1-2-10-26(17)19;20-11-2-5-13(6-3-11)25-18(27-23)17-16(14-10-12(21)4-7-15(14)22)26-19-24-8-1-9-28(17)19;20-11-2-5-13(6-3-11)25-18(27-23)17-16(14-10-12(22)4-7-15(14)21)26-19-24-8-1-9-28(17)19/h4-9,11H,1-3,10,24H2,(H,25,27);1-11H,(H,24,27);2*1-10H,23H2,(H,25,27). The minimum absolute atomic E-state index is 0.304. The highest BCUT2D eigenvalue weighted by atomic mass is 35.5. The van der Waals surface area contributed by atoms with Crippen LogP contribution < -0.4 is 39.1 Å². The Morgan fingerprint density at radius 3 is 1.23 bits per heavy atom. The third kappa shape index (κ3) is 18.6. The lowest BCUT2D eigenvalue weighted by Crippen LogP contribution is -2.33. The normalized spacial score (nSPS) is 12.2. The van der Waals surface area contributed by atoms with E-state index in [1.165, 1.54) is 18.2 Å². The number of nitrogens with two attached hydrogens (primary N) is 3. The summed E-state index contributed by atoms with van der Waals surface area (Å²) in [7, 11) is 0. The molecule has 15 aromatic rings. The highest BCUT2D eigenvalue weighted by Crippen LogP contribution is 2.39. The number of hydrazine groups is 3. The minimum atomic E-state index is -0.438. The molecule has 1 aliphatic rings. The number of nitrogens with one attached hydrogen (secondary N) is 4. The van der Waals surface area contributed by atoms with E-state index in [0.29, 0.717) is 140 Å². The first-order valence-corrected chi connectivity index (χ1v) is 37.8. The summed E-state index contributed by atoms with van der Waals surface area (Å²) in [4.78, 5) is 41.7. The molecular weight excluding hydrogens is 1660 g/mol. The van der Waals surface area contributed by atoms with Crippen LogP contribution in [0.3, 0.4) is 0 Å². The number of hydrogen-bond acceptors (Lipinski definition) is 13. The smallest absolute Gasteiger partial charge is 0.234 e. The van der Waals surface area contributed by atoms with E-state index in [9.17, 15) is 4.39 Å². The number of anilines is 1. The average molecular weight is 1710 g/mol. The zero-order chi connectivity index (χ0) is 78.0. The zero-order valence-electron chi connectivity index (χ0n) is 57.3. The number of fused-ring (bicyclic) bond motifs is 4. The van der Waals surface area contributed by atoms with Crippen molar-refractivity contribution in [3.63, 3.8) is 0 Å². The predicted molar refractivity (Wildman–Crippen MR) is 455 cm³/mol. The fraction of sp³-hybridized carbons (Fsp3) is 0.0513. The van der Waals surface area contributed by atoms with Crippen LogP contribution in [0, 0.1) is 5.82 Å². The van der Waals surface area contributed by atoms with E-state index in [2.05, 4.69) is 56.1 Å². The van der Waals surface area contributed by atoms with Crippen LogP contribution in [0.15, 0.2) is 246 Å². The van der Waals surface area contributed by atoms with Crippen LogP contribution in [0.5, 0.6) is 0 Å². The summed E-state index contributed by atoms with van der Waals surface area (Å²) in [6.45, 7) is 0.844. The number of amidine groups is 3. The Bertz CT molecular complexity index is 5840. The molecule has 8 aromatic carbocycles. The second-order valence-electron chi connectivity index (χ2n) is 24.0. The number of pyridine rings is 1. The van der Waals surface area contributed by atoms with Gasteiger partial charge < -0.3 is 26.2 Å². The second kappa shape index (κ2) is 36.1. The van der Waals surface area contributed by atoms with Gasteiger partial charge in [0.15, 0.2) is 17.5 Å². The van der Waals surface area contributed by atoms with Gasteiger partial charge in [-0.1, -0.05) is 146 Å². The molecule has 111 heavy (non-hydrogen) atoms. The maximum Gasteiger partial charge on any atom is 0.234 e. The Balaban J connectivity index is 0.000000130. The van der Waals surface area contributed by atoms with Gasteiger partial charge in [-0.05, 0) is 207 Å². The monoisotopic (exact) mass is 1710 g/mol. The van der Waals surface area contributed by atoms with Gasteiger partial charge in [-0.15, -0.1) is 0 Å². The fourth-order valence-corrected chi connectivity index (χ4v) is 13.9.